The quantitative estimate of drug-likeness (QED) is 0.709. The summed E-state index contributed by atoms with van der Waals surface area (Å²) in [6, 6.07) is 0. The van der Waals surface area contributed by atoms with Gasteiger partial charge < -0.3 is 5.11 Å². The second kappa shape index (κ2) is 5.35. The SMILES string of the molecule is CC(O)(CC1CCC1)C1=CCCCCCC1. The molecule has 2 rings (SSSR count). The minimum atomic E-state index is -0.511. The maximum Gasteiger partial charge on any atom is 0.0831 e. The van der Waals surface area contributed by atoms with Gasteiger partial charge in [-0.25, -0.2) is 0 Å². The van der Waals surface area contributed by atoms with Gasteiger partial charge in [0.2, 0.25) is 0 Å². The van der Waals surface area contributed by atoms with Gasteiger partial charge in [-0.05, 0) is 50.5 Å². The molecule has 1 heteroatoms. The van der Waals surface area contributed by atoms with E-state index in [0.717, 1.165) is 18.8 Å². The molecular weight excluding hydrogens is 196 g/mol. The van der Waals surface area contributed by atoms with Crippen molar-refractivity contribution in [3.63, 3.8) is 0 Å². The lowest BCUT2D eigenvalue weighted by molar-refractivity contribution is 0.0493. The van der Waals surface area contributed by atoms with Gasteiger partial charge in [0.25, 0.3) is 0 Å². The Morgan fingerprint density at radius 2 is 1.94 bits per heavy atom. The van der Waals surface area contributed by atoms with Crippen molar-refractivity contribution >= 4 is 0 Å². The molecule has 0 aliphatic heterocycles. The standard InChI is InChI=1S/C15H26O/c1-15(16,12-13-8-7-9-13)14-10-5-3-2-4-6-11-14/h10,13,16H,2-9,11-12H2,1H3. The Bertz CT molecular complexity index is 248. The Labute approximate surface area is 99.9 Å². The fraction of sp³-hybridized carbons (Fsp3) is 0.867. The van der Waals surface area contributed by atoms with Gasteiger partial charge in [-0.1, -0.05) is 38.2 Å². The summed E-state index contributed by atoms with van der Waals surface area (Å²) in [6.07, 6.45) is 15.0. The summed E-state index contributed by atoms with van der Waals surface area (Å²) in [7, 11) is 0. The van der Waals surface area contributed by atoms with Crippen LogP contribution in [0.25, 0.3) is 0 Å². The third-order valence-electron chi connectivity index (χ3n) is 4.39. The second-order valence-electron chi connectivity index (χ2n) is 5.96. The van der Waals surface area contributed by atoms with Crippen LogP contribution >= 0.6 is 0 Å². The molecule has 0 radical (unpaired) electrons. The molecule has 0 bridgehead atoms. The lowest BCUT2D eigenvalue weighted by atomic mass is 9.74. The third-order valence-corrected chi connectivity index (χ3v) is 4.39. The van der Waals surface area contributed by atoms with E-state index in [9.17, 15) is 5.11 Å². The van der Waals surface area contributed by atoms with Crippen LogP contribution in [0.3, 0.4) is 0 Å². The molecule has 1 N–H and O–H groups in total. The first-order chi connectivity index (χ1) is 7.68. The highest BCUT2D eigenvalue weighted by Gasteiger charge is 2.31. The average Bonchev–Trinajstić information content (AvgIpc) is 2.10. The van der Waals surface area contributed by atoms with Crippen LogP contribution in [0.15, 0.2) is 11.6 Å². The molecule has 1 fully saturated rings. The molecule has 2 aliphatic carbocycles. The third kappa shape index (κ3) is 3.10. The van der Waals surface area contributed by atoms with Crippen LogP contribution in [-0.2, 0) is 0 Å². The number of hydrogen-bond donors (Lipinski definition) is 1. The molecule has 92 valence electrons. The second-order valence-corrected chi connectivity index (χ2v) is 5.96. The lowest BCUT2D eigenvalue weighted by Crippen LogP contribution is -2.32. The van der Waals surface area contributed by atoms with E-state index in [1.807, 2.05) is 6.92 Å². The van der Waals surface area contributed by atoms with Crippen LogP contribution in [0.1, 0.15) is 71.1 Å². The first-order valence-corrected chi connectivity index (χ1v) is 7.10. The van der Waals surface area contributed by atoms with E-state index in [1.165, 1.54) is 56.9 Å². The topological polar surface area (TPSA) is 20.2 Å². The highest BCUT2D eigenvalue weighted by Crippen LogP contribution is 2.38. The van der Waals surface area contributed by atoms with E-state index in [-0.39, 0.29) is 0 Å². The lowest BCUT2D eigenvalue weighted by Gasteiger charge is -2.35. The number of hydrogen-bond acceptors (Lipinski definition) is 1. The van der Waals surface area contributed by atoms with Crippen molar-refractivity contribution in [1.29, 1.82) is 0 Å². The Morgan fingerprint density at radius 1 is 1.19 bits per heavy atom. The zero-order chi connectivity index (χ0) is 11.4. The summed E-state index contributed by atoms with van der Waals surface area (Å²) in [6.45, 7) is 2.04. The molecule has 0 aromatic carbocycles. The van der Waals surface area contributed by atoms with Gasteiger partial charge in [-0.15, -0.1) is 0 Å². The van der Waals surface area contributed by atoms with E-state index in [4.69, 9.17) is 0 Å². The monoisotopic (exact) mass is 222 g/mol. The zero-order valence-electron chi connectivity index (χ0n) is 10.7. The first-order valence-electron chi connectivity index (χ1n) is 7.10. The van der Waals surface area contributed by atoms with Crippen LogP contribution in [0.4, 0.5) is 0 Å². The molecule has 0 aromatic heterocycles. The van der Waals surface area contributed by atoms with Crippen molar-refractivity contribution in [2.75, 3.05) is 0 Å². The molecule has 1 saturated carbocycles. The molecular formula is C15H26O. The number of rotatable bonds is 3. The summed E-state index contributed by atoms with van der Waals surface area (Å²) in [5.41, 5.74) is 0.821. The largest absolute Gasteiger partial charge is 0.386 e. The van der Waals surface area contributed by atoms with Gasteiger partial charge in [-0.3, -0.25) is 0 Å². The van der Waals surface area contributed by atoms with Crippen LogP contribution in [0, 0.1) is 5.92 Å². The average molecular weight is 222 g/mol. The van der Waals surface area contributed by atoms with Gasteiger partial charge in [-0.2, -0.15) is 0 Å². The molecule has 0 saturated heterocycles. The number of allylic oxidation sites excluding steroid dienone is 1. The molecule has 2 aliphatic rings. The Kier molecular flexibility index (Phi) is 4.07. The van der Waals surface area contributed by atoms with Crippen molar-refractivity contribution in [2.24, 2.45) is 5.92 Å². The van der Waals surface area contributed by atoms with Crippen molar-refractivity contribution in [3.8, 4) is 0 Å². The molecule has 0 amide bonds. The van der Waals surface area contributed by atoms with E-state index >= 15 is 0 Å². The minimum Gasteiger partial charge on any atom is -0.386 e. The highest BCUT2D eigenvalue weighted by molar-refractivity contribution is 5.16. The van der Waals surface area contributed by atoms with Crippen LogP contribution in [0.5, 0.6) is 0 Å². The number of aliphatic hydroxyl groups is 1. The predicted molar refractivity (Wildman–Crippen MR) is 68.4 cm³/mol. The van der Waals surface area contributed by atoms with Gasteiger partial charge in [0.15, 0.2) is 0 Å². The van der Waals surface area contributed by atoms with E-state index in [1.54, 1.807) is 0 Å². The minimum absolute atomic E-state index is 0.511. The van der Waals surface area contributed by atoms with Crippen molar-refractivity contribution in [1.82, 2.24) is 0 Å². The summed E-state index contributed by atoms with van der Waals surface area (Å²) in [4.78, 5) is 0. The smallest absolute Gasteiger partial charge is 0.0831 e. The first kappa shape index (κ1) is 12.2. The summed E-state index contributed by atoms with van der Waals surface area (Å²) < 4.78 is 0. The Balaban J connectivity index is 1.95. The molecule has 1 nitrogen and oxygen atoms in total. The maximum absolute atomic E-state index is 10.6. The fourth-order valence-corrected chi connectivity index (χ4v) is 3.07. The van der Waals surface area contributed by atoms with E-state index in [2.05, 4.69) is 6.08 Å². The van der Waals surface area contributed by atoms with Gasteiger partial charge in [0, 0.05) is 0 Å². The van der Waals surface area contributed by atoms with E-state index < -0.39 is 5.60 Å². The summed E-state index contributed by atoms with van der Waals surface area (Å²) in [5, 5.41) is 10.6. The Hall–Kier alpha value is -0.300. The maximum atomic E-state index is 10.6. The molecule has 1 atom stereocenters. The van der Waals surface area contributed by atoms with Crippen LogP contribution < -0.4 is 0 Å². The van der Waals surface area contributed by atoms with E-state index in [0.29, 0.717) is 0 Å². The molecule has 1 unspecified atom stereocenters. The fourth-order valence-electron chi connectivity index (χ4n) is 3.07. The Morgan fingerprint density at radius 3 is 2.62 bits per heavy atom. The molecule has 0 spiro atoms. The van der Waals surface area contributed by atoms with Crippen molar-refractivity contribution in [3.05, 3.63) is 11.6 Å². The molecule has 0 heterocycles. The predicted octanol–water partition coefficient (Wildman–Crippen LogP) is 4.21. The van der Waals surface area contributed by atoms with Crippen molar-refractivity contribution in [2.45, 2.75) is 76.7 Å². The van der Waals surface area contributed by atoms with Gasteiger partial charge >= 0.3 is 0 Å². The van der Waals surface area contributed by atoms with Gasteiger partial charge in [0.1, 0.15) is 0 Å². The van der Waals surface area contributed by atoms with Gasteiger partial charge in [0.05, 0.1) is 5.60 Å². The zero-order valence-corrected chi connectivity index (χ0v) is 10.7. The summed E-state index contributed by atoms with van der Waals surface area (Å²) >= 11 is 0. The van der Waals surface area contributed by atoms with Crippen molar-refractivity contribution < 1.29 is 5.11 Å². The normalized spacial score (nSPS) is 27.2. The highest BCUT2D eigenvalue weighted by atomic mass is 16.3. The molecule has 0 aromatic rings. The molecule has 16 heavy (non-hydrogen) atoms. The summed E-state index contributed by atoms with van der Waals surface area (Å²) in [5.74, 6) is 0.793. The van der Waals surface area contributed by atoms with Crippen LogP contribution in [0.2, 0.25) is 0 Å². The van der Waals surface area contributed by atoms with Crippen LogP contribution in [-0.4, -0.2) is 10.7 Å².